The van der Waals surface area contributed by atoms with Crippen LogP contribution >= 0.6 is 0 Å². The van der Waals surface area contributed by atoms with Crippen LogP contribution in [0.15, 0.2) is 55.1 Å². The van der Waals surface area contributed by atoms with Gasteiger partial charge in [0.25, 0.3) is 0 Å². The molecule has 0 amide bonds. The average Bonchev–Trinajstić information content (AvgIpc) is 3.30. The number of aromatic amines is 1. The first-order chi connectivity index (χ1) is 13.1. The van der Waals surface area contributed by atoms with Gasteiger partial charge in [0.05, 0.1) is 17.6 Å². The molecule has 0 aliphatic heterocycles. The van der Waals surface area contributed by atoms with E-state index < -0.39 is 0 Å². The van der Waals surface area contributed by atoms with E-state index in [0.717, 1.165) is 39.5 Å². The minimum Gasteiger partial charge on any atom is -0.383 e. The van der Waals surface area contributed by atoms with Crippen molar-refractivity contribution in [3.63, 3.8) is 0 Å². The molecule has 4 aromatic rings. The summed E-state index contributed by atoms with van der Waals surface area (Å²) in [5.41, 5.74) is 13.0. The fourth-order valence-corrected chi connectivity index (χ4v) is 3.44. The standard InChI is InChI=1S/C21H18N6/c1-13-8-17(14(2)27(13)16-4-3-6-24-12-16)18-9-20(15-5-7-25-11-15)26-21(23)19(18)10-22/h3-9,11-12,25H,1-2H3,(H2,23,26). The summed E-state index contributed by atoms with van der Waals surface area (Å²) >= 11 is 0. The fraction of sp³-hybridized carbons (Fsp3) is 0.0952. The van der Waals surface area contributed by atoms with Crippen LogP contribution in [0.3, 0.4) is 0 Å². The van der Waals surface area contributed by atoms with E-state index in [2.05, 4.69) is 31.7 Å². The maximum Gasteiger partial charge on any atom is 0.142 e. The Hall–Kier alpha value is -3.85. The Bertz CT molecular complexity index is 1150. The molecule has 0 saturated carbocycles. The highest BCUT2D eigenvalue weighted by molar-refractivity contribution is 5.82. The van der Waals surface area contributed by atoms with Crippen LogP contribution in [0.4, 0.5) is 5.82 Å². The van der Waals surface area contributed by atoms with Crippen LogP contribution in [0.2, 0.25) is 0 Å². The summed E-state index contributed by atoms with van der Waals surface area (Å²) in [5, 5.41) is 9.67. The predicted octanol–water partition coefficient (Wildman–Crippen LogP) is 4.00. The van der Waals surface area contributed by atoms with Crippen molar-refractivity contribution in [3.05, 3.63) is 72.1 Å². The third-order valence-corrected chi connectivity index (χ3v) is 4.68. The molecule has 27 heavy (non-hydrogen) atoms. The lowest BCUT2D eigenvalue weighted by Crippen LogP contribution is -2.01. The van der Waals surface area contributed by atoms with Crippen LogP contribution < -0.4 is 5.73 Å². The van der Waals surface area contributed by atoms with Crippen molar-refractivity contribution < 1.29 is 0 Å². The van der Waals surface area contributed by atoms with Crippen LogP contribution in [-0.2, 0) is 0 Å². The van der Waals surface area contributed by atoms with Crippen molar-refractivity contribution in [2.75, 3.05) is 5.73 Å². The molecule has 0 fully saturated rings. The molecule has 0 spiro atoms. The van der Waals surface area contributed by atoms with Crippen LogP contribution in [0.25, 0.3) is 28.1 Å². The first-order valence-corrected chi connectivity index (χ1v) is 8.53. The summed E-state index contributed by atoms with van der Waals surface area (Å²) in [4.78, 5) is 11.6. The normalized spacial score (nSPS) is 10.7. The third kappa shape index (κ3) is 2.75. The van der Waals surface area contributed by atoms with Crippen molar-refractivity contribution in [3.8, 4) is 34.1 Å². The van der Waals surface area contributed by atoms with Crippen molar-refractivity contribution in [2.45, 2.75) is 13.8 Å². The smallest absolute Gasteiger partial charge is 0.142 e. The van der Waals surface area contributed by atoms with Gasteiger partial charge in [0.15, 0.2) is 0 Å². The molecule has 3 N–H and O–H groups in total. The summed E-state index contributed by atoms with van der Waals surface area (Å²) in [6.07, 6.45) is 7.26. The van der Waals surface area contributed by atoms with Gasteiger partial charge in [-0.3, -0.25) is 4.98 Å². The van der Waals surface area contributed by atoms with E-state index in [1.807, 2.05) is 56.7 Å². The molecule has 6 nitrogen and oxygen atoms in total. The van der Waals surface area contributed by atoms with Gasteiger partial charge in [-0.15, -0.1) is 0 Å². The van der Waals surface area contributed by atoms with E-state index >= 15 is 0 Å². The molecule has 0 aromatic carbocycles. The Kier molecular flexibility index (Phi) is 3.98. The maximum absolute atomic E-state index is 9.67. The number of pyridine rings is 2. The molecule has 0 aliphatic carbocycles. The number of nitrogens with two attached hydrogens (primary N) is 1. The van der Waals surface area contributed by atoms with Gasteiger partial charge >= 0.3 is 0 Å². The Morgan fingerprint density at radius 3 is 2.70 bits per heavy atom. The van der Waals surface area contributed by atoms with E-state index in [4.69, 9.17) is 5.73 Å². The summed E-state index contributed by atoms with van der Waals surface area (Å²) < 4.78 is 2.12. The van der Waals surface area contributed by atoms with Gasteiger partial charge in [0.1, 0.15) is 17.5 Å². The molecule has 4 heterocycles. The zero-order chi connectivity index (χ0) is 19.0. The molecule has 0 radical (unpaired) electrons. The molecule has 0 aliphatic rings. The largest absolute Gasteiger partial charge is 0.383 e. The van der Waals surface area contributed by atoms with E-state index in [-0.39, 0.29) is 5.82 Å². The number of nitrogen functional groups attached to an aromatic ring is 1. The molecular weight excluding hydrogens is 336 g/mol. The number of aromatic nitrogens is 4. The van der Waals surface area contributed by atoms with Crippen molar-refractivity contribution >= 4 is 5.82 Å². The number of anilines is 1. The number of nitriles is 1. The molecule has 0 unspecified atom stereocenters. The quantitative estimate of drug-likeness (QED) is 0.581. The number of rotatable bonds is 3. The molecule has 4 aromatic heterocycles. The number of hydrogen-bond acceptors (Lipinski definition) is 4. The number of nitrogens with one attached hydrogen (secondary N) is 1. The highest BCUT2D eigenvalue weighted by Crippen LogP contribution is 2.35. The molecular formula is C21H18N6. The Morgan fingerprint density at radius 2 is 2.04 bits per heavy atom. The van der Waals surface area contributed by atoms with Gasteiger partial charge in [-0.2, -0.15) is 5.26 Å². The fourth-order valence-electron chi connectivity index (χ4n) is 3.44. The highest BCUT2D eigenvalue weighted by Gasteiger charge is 2.19. The lowest BCUT2D eigenvalue weighted by atomic mass is 9.99. The predicted molar refractivity (Wildman–Crippen MR) is 105 cm³/mol. The Labute approximate surface area is 156 Å². The first kappa shape index (κ1) is 16.6. The van der Waals surface area contributed by atoms with Crippen molar-refractivity contribution in [2.24, 2.45) is 0 Å². The van der Waals surface area contributed by atoms with Crippen LogP contribution in [0.5, 0.6) is 0 Å². The number of nitrogens with zero attached hydrogens (tertiary/aromatic N) is 4. The van der Waals surface area contributed by atoms with Crippen LogP contribution in [0.1, 0.15) is 17.0 Å². The third-order valence-electron chi connectivity index (χ3n) is 4.68. The second-order valence-electron chi connectivity index (χ2n) is 6.36. The molecule has 6 heteroatoms. The van der Waals surface area contributed by atoms with Gasteiger partial charge in [-0.1, -0.05) is 0 Å². The van der Waals surface area contributed by atoms with E-state index in [1.165, 1.54) is 0 Å². The zero-order valence-electron chi connectivity index (χ0n) is 15.1. The minimum atomic E-state index is 0.234. The Morgan fingerprint density at radius 1 is 1.19 bits per heavy atom. The van der Waals surface area contributed by atoms with Crippen LogP contribution in [0, 0.1) is 25.2 Å². The minimum absolute atomic E-state index is 0.234. The molecule has 0 bridgehead atoms. The van der Waals surface area contributed by atoms with E-state index in [0.29, 0.717) is 5.56 Å². The van der Waals surface area contributed by atoms with Crippen molar-refractivity contribution in [1.82, 2.24) is 19.5 Å². The molecule has 0 saturated heterocycles. The number of hydrogen-bond donors (Lipinski definition) is 2. The number of H-pyrrole nitrogens is 1. The van der Waals surface area contributed by atoms with Gasteiger partial charge in [-0.05, 0) is 44.2 Å². The van der Waals surface area contributed by atoms with E-state index in [9.17, 15) is 5.26 Å². The second-order valence-corrected chi connectivity index (χ2v) is 6.36. The van der Waals surface area contributed by atoms with Crippen molar-refractivity contribution in [1.29, 1.82) is 5.26 Å². The van der Waals surface area contributed by atoms with Gasteiger partial charge < -0.3 is 15.3 Å². The van der Waals surface area contributed by atoms with Crippen LogP contribution in [-0.4, -0.2) is 19.5 Å². The Balaban J connectivity index is 1.96. The first-order valence-electron chi connectivity index (χ1n) is 8.53. The van der Waals surface area contributed by atoms with Gasteiger partial charge in [0.2, 0.25) is 0 Å². The summed E-state index contributed by atoms with van der Waals surface area (Å²) in [6, 6.07) is 12.0. The SMILES string of the molecule is Cc1cc(-c2cc(-c3cc[nH]c3)nc(N)c2C#N)c(C)n1-c1cccnc1. The zero-order valence-corrected chi connectivity index (χ0v) is 15.1. The molecule has 0 atom stereocenters. The van der Waals surface area contributed by atoms with E-state index in [1.54, 1.807) is 6.20 Å². The molecule has 4 rings (SSSR count). The average molecular weight is 354 g/mol. The topological polar surface area (TPSA) is 96.3 Å². The monoisotopic (exact) mass is 354 g/mol. The summed E-state index contributed by atoms with van der Waals surface area (Å²) in [7, 11) is 0. The maximum atomic E-state index is 9.67. The second kappa shape index (κ2) is 6.46. The van der Waals surface area contributed by atoms with Gasteiger partial charge in [-0.25, -0.2) is 4.98 Å². The number of aryl methyl sites for hydroxylation is 1. The summed E-state index contributed by atoms with van der Waals surface area (Å²) in [6.45, 7) is 4.07. The molecule has 132 valence electrons. The lowest BCUT2D eigenvalue weighted by molar-refractivity contribution is 0.956. The highest BCUT2D eigenvalue weighted by atomic mass is 15.0. The lowest BCUT2D eigenvalue weighted by Gasteiger charge is -2.11. The summed E-state index contributed by atoms with van der Waals surface area (Å²) in [5.74, 6) is 0.234. The van der Waals surface area contributed by atoms with Gasteiger partial charge in [0, 0.05) is 46.7 Å².